The van der Waals surface area contributed by atoms with Crippen LogP contribution in [0.2, 0.25) is 0 Å². The second kappa shape index (κ2) is 11.9. The molecule has 3 aromatic carbocycles. The molecule has 4 aromatic rings. The summed E-state index contributed by atoms with van der Waals surface area (Å²) in [5, 5.41) is 3.28. The molecule has 0 aliphatic carbocycles. The Balaban J connectivity index is 1.59. The molecule has 37 heavy (non-hydrogen) atoms. The molecule has 0 aliphatic heterocycles. The Hall–Kier alpha value is -4.65. The van der Waals surface area contributed by atoms with Gasteiger partial charge in [-0.2, -0.15) is 0 Å². The lowest BCUT2D eigenvalue weighted by Crippen LogP contribution is -2.44. The molecule has 188 valence electrons. The number of urea groups is 1. The number of nitrogens with one attached hydrogen (secondary N) is 1. The highest BCUT2D eigenvalue weighted by Crippen LogP contribution is 2.16. The molecule has 1 N–H and O–H groups in total. The van der Waals surface area contributed by atoms with Gasteiger partial charge in [0.1, 0.15) is 12.1 Å². The summed E-state index contributed by atoms with van der Waals surface area (Å²) in [5.41, 5.74) is 3.15. The van der Waals surface area contributed by atoms with Gasteiger partial charge in [-0.1, -0.05) is 66.2 Å². The molecule has 0 bridgehead atoms. The third-order valence-electron chi connectivity index (χ3n) is 5.92. The molecule has 7 nitrogen and oxygen atoms in total. The second-order valence-corrected chi connectivity index (χ2v) is 8.79. The predicted octanol–water partition coefficient (Wildman–Crippen LogP) is 5.35. The van der Waals surface area contributed by atoms with Crippen LogP contribution in [0.15, 0.2) is 107 Å². The van der Waals surface area contributed by atoms with Crippen molar-refractivity contribution >= 4 is 28.6 Å². The van der Waals surface area contributed by atoms with Crippen molar-refractivity contribution in [2.75, 3.05) is 18.4 Å². The first kappa shape index (κ1) is 25.4. The number of fused-ring (bicyclic) bond motifs is 1. The van der Waals surface area contributed by atoms with Crippen LogP contribution in [0.1, 0.15) is 16.7 Å². The Labute approximate surface area is 215 Å². The van der Waals surface area contributed by atoms with Gasteiger partial charge in [-0.15, -0.1) is 6.58 Å². The van der Waals surface area contributed by atoms with Gasteiger partial charge in [0.2, 0.25) is 5.91 Å². The molecule has 0 radical (unpaired) electrons. The third kappa shape index (κ3) is 6.52. The fourth-order valence-electron chi connectivity index (χ4n) is 4.00. The summed E-state index contributed by atoms with van der Waals surface area (Å²) >= 11 is 0. The summed E-state index contributed by atoms with van der Waals surface area (Å²) in [5.74, 6) is -0.308. The zero-order chi connectivity index (χ0) is 26.2. The maximum absolute atomic E-state index is 13.6. The fraction of sp³-hybridized carbons (Fsp3) is 0.167. The average Bonchev–Trinajstić information content (AvgIpc) is 2.91. The first-order chi connectivity index (χ1) is 17.9. The maximum atomic E-state index is 13.6. The Bertz CT molecular complexity index is 1450. The minimum Gasteiger partial charge on any atom is -0.464 e. The van der Waals surface area contributed by atoms with Crippen molar-refractivity contribution in [2.24, 2.45) is 0 Å². The monoisotopic (exact) mass is 495 g/mol. The van der Waals surface area contributed by atoms with Crippen molar-refractivity contribution in [1.29, 1.82) is 0 Å². The highest BCUT2D eigenvalue weighted by molar-refractivity contribution is 5.92. The van der Waals surface area contributed by atoms with E-state index < -0.39 is 6.03 Å². The van der Waals surface area contributed by atoms with Gasteiger partial charge in [-0.3, -0.25) is 9.59 Å². The zero-order valence-corrected chi connectivity index (χ0v) is 20.7. The number of para-hydroxylation sites is 1. The summed E-state index contributed by atoms with van der Waals surface area (Å²) in [6.07, 6.45) is 2.98. The highest BCUT2D eigenvalue weighted by atomic mass is 16.3. The first-order valence-corrected chi connectivity index (χ1v) is 12.0. The Morgan fingerprint density at radius 1 is 0.946 bits per heavy atom. The second-order valence-electron chi connectivity index (χ2n) is 8.79. The largest absolute Gasteiger partial charge is 0.464 e. The van der Waals surface area contributed by atoms with Crippen LogP contribution in [0.25, 0.3) is 11.0 Å². The van der Waals surface area contributed by atoms with Gasteiger partial charge in [-0.25, -0.2) is 4.79 Å². The third-order valence-corrected chi connectivity index (χ3v) is 5.92. The van der Waals surface area contributed by atoms with Gasteiger partial charge in [0, 0.05) is 18.8 Å². The standard InChI is InChI=1S/C30H29N3O4/c1-3-16-32(30(36)31-25-12-8-5-9-13-25)20-28(34)33(18-23-10-6-4-7-11-23)19-24-21-37-27-15-14-22(2)17-26(27)29(24)35/h3-15,17,21H,1,16,18-20H2,2H3,(H,31,36). The Morgan fingerprint density at radius 2 is 1.65 bits per heavy atom. The van der Waals surface area contributed by atoms with Gasteiger partial charge in [-0.05, 0) is 36.8 Å². The summed E-state index contributed by atoms with van der Waals surface area (Å²) < 4.78 is 5.71. The normalized spacial score (nSPS) is 10.6. The van der Waals surface area contributed by atoms with Crippen molar-refractivity contribution in [3.05, 3.63) is 125 Å². The van der Waals surface area contributed by atoms with E-state index in [2.05, 4.69) is 11.9 Å². The Morgan fingerprint density at radius 3 is 2.35 bits per heavy atom. The number of carbonyl (C=O) groups is 2. The van der Waals surface area contributed by atoms with Crippen LogP contribution in [-0.2, 0) is 17.9 Å². The van der Waals surface area contributed by atoms with Gasteiger partial charge < -0.3 is 19.5 Å². The lowest BCUT2D eigenvalue weighted by atomic mass is 10.1. The number of hydrogen-bond donors (Lipinski definition) is 1. The molecule has 0 aliphatic rings. The maximum Gasteiger partial charge on any atom is 0.322 e. The van der Waals surface area contributed by atoms with Gasteiger partial charge in [0.05, 0.1) is 23.8 Å². The Kier molecular flexibility index (Phi) is 8.15. The lowest BCUT2D eigenvalue weighted by Gasteiger charge is -2.27. The van der Waals surface area contributed by atoms with E-state index in [0.29, 0.717) is 22.2 Å². The summed E-state index contributed by atoms with van der Waals surface area (Å²) in [4.78, 5) is 42.7. The molecule has 0 fully saturated rings. The topological polar surface area (TPSA) is 82.9 Å². The van der Waals surface area contributed by atoms with E-state index >= 15 is 0 Å². The van der Waals surface area contributed by atoms with Crippen LogP contribution in [0.4, 0.5) is 10.5 Å². The van der Waals surface area contributed by atoms with Crippen molar-refractivity contribution in [2.45, 2.75) is 20.0 Å². The number of benzene rings is 3. The van der Waals surface area contributed by atoms with Crippen molar-refractivity contribution in [3.63, 3.8) is 0 Å². The molecule has 7 heteroatoms. The van der Waals surface area contributed by atoms with Crippen LogP contribution in [0, 0.1) is 6.92 Å². The molecule has 0 unspecified atom stereocenters. The number of hydrogen-bond acceptors (Lipinski definition) is 4. The smallest absolute Gasteiger partial charge is 0.322 e. The molecule has 3 amide bonds. The molecule has 0 spiro atoms. The van der Waals surface area contributed by atoms with E-state index in [1.54, 1.807) is 35.2 Å². The minimum absolute atomic E-state index is 0.0438. The van der Waals surface area contributed by atoms with Crippen molar-refractivity contribution < 1.29 is 14.0 Å². The fourth-order valence-corrected chi connectivity index (χ4v) is 4.00. The molecule has 4 rings (SSSR count). The van der Waals surface area contributed by atoms with E-state index in [-0.39, 0.29) is 37.5 Å². The molecular formula is C30H29N3O4. The van der Waals surface area contributed by atoms with Crippen molar-refractivity contribution in [1.82, 2.24) is 9.80 Å². The van der Waals surface area contributed by atoms with E-state index in [1.807, 2.05) is 61.5 Å². The van der Waals surface area contributed by atoms with Crippen LogP contribution in [0.5, 0.6) is 0 Å². The van der Waals surface area contributed by atoms with E-state index in [0.717, 1.165) is 11.1 Å². The average molecular weight is 496 g/mol. The van der Waals surface area contributed by atoms with Gasteiger partial charge in [0.15, 0.2) is 5.43 Å². The van der Waals surface area contributed by atoms with Crippen LogP contribution in [0.3, 0.4) is 0 Å². The predicted molar refractivity (Wildman–Crippen MR) is 145 cm³/mol. The summed E-state index contributed by atoms with van der Waals surface area (Å²) in [7, 11) is 0. The van der Waals surface area contributed by atoms with Crippen molar-refractivity contribution in [3.8, 4) is 0 Å². The molecule has 0 saturated carbocycles. The minimum atomic E-state index is -0.417. The highest BCUT2D eigenvalue weighted by Gasteiger charge is 2.23. The number of carbonyl (C=O) groups excluding carboxylic acids is 2. The number of anilines is 1. The number of aryl methyl sites for hydroxylation is 1. The van der Waals surface area contributed by atoms with Crippen LogP contribution < -0.4 is 10.7 Å². The summed E-state index contributed by atoms with van der Waals surface area (Å²) in [6, 6.07) is 23.6. The van der Waals surface area contributed by atoms with E-state index in [4.69, 9.17) is 4.42 Å². The molecule has 1 aromatic heterocycles. The number of amides is 3. The summed E-state index contributed by atoms with van der Waals surface area (Å²) in [6.45, 7) is 5.94. The molecule has 1 heterocycles. The molecule has 0 atom stereocenters. The lowest BCUT2D eigenvalue weighted by molar-refractivity contribution is -0.133. The molecule has 0 saturated heterocycles. The van der Waals surface area contributed by atoms with Gasteiger partial charge in [0.25, 0.3) is 0 Å². The quantitative estimate of drug-likeness (QED) is 0.317. The van der Waals surface area contributed by atoms with Crippen LogP contribution in [-0.4, -0.2) is 34.8 Å². The van der Waals surface area contributed by atoms with Gasteiger partial charge >= 0.3 is 6.03 Å². The molecular weight excluding hydrogens is 466 g/mol. The SMILES string of the molecule is C=CCN(CC(=O)N(Cc1ccccc1)Cc1coc2ccc(C)cc2c1=O)C(=O)Nc1ccccc1. The zero-order valence-electron chi connectivity index (χ0n) is 20.7. The first-order valence-electron chi connectivity index (χ1n) is 12.0. The number of rotatable bonds is 9. The number of nitrogens with zero attached hydrogens (tertiary/aromatic N) is 2. The van der Waals surface area contributed by atoms with E-state index in [1.165, 1.54) is 11.2 Å². The van der Waals surface area contributed by atoms with E-state index in [9.17, 15) is 14.4 Å². The van der Waals surface area contributed by atoms with Crippen LogP contribution >= 0.6 is 0 Å².